The molecule has 2 aromatic rings. The average molecular weight is 346 g/mol. The summed E-state index contributed by atoms with van der Waals surface area (Å²) in [7, 11) is 1.80. The first-order valence-corrected chi connectivity index (χ1v) is 8.31. The van der Waals surface area contributed by atoms with Gasteiger partial charge in [0, 0.05) is 31.0 Å². The van der Waals surface area contributed by atoms with Crippen LogP contribution in [0.2, 0.25) is 5.02 Å². The minimum absolute atomic E-state index is 0.156. The maximum absolute atomic E-state index is 12.3. The molecule has 3 N–H and O–H groups in total. The third kappa shape index (κ3) is 4.14. The summed E-state index contributed by atoms with van der Waals surface area (Å²) in [4.78, 5) is 21.0. The van der Waals surface area contributed by atoms with Gasteiger partial charge in [-0.25, -0.2) is 4.98 Å². The number of rotatable bonds is 6. The van der Waals surface area contributed by atoms with E-state index in [1.165, 1.54) is 12.8 Å². The Hall–Kier alpha value is -2.34. The van der Waals surface area contributed by atoms with Gasteiger partial charge in [-0.05, 0) is 43.9 Å². The van der Waals surface area contributed by atoms with Crippen LogP contribution in [0.4, 0.5) is 17.5 Å². The lowest BCUT2D eigenvalue weighted by Crippen LogP contribution is -2.25. The zero-order valence-corrected chi connectivity index (χ0v) is 14.4. The monoisotopic (exact) mass is 345 g/mol. The summed E-state index contributed by atoms with van der Waals surface area (Å²) in [5.74, 6) is 1.65. The summed E-state index contributed by atoms with van der Waals surface area (Å²) in [6.07, 6.45) is 2.38. The first kappa shape index (κ1) is 16.5. The first-order chi connectivity index (χ1) is 11.5. The van der Waals surface area contributed by atoms with Crippen LogP contribution in [0.15, 0.2) is 24.3 Å². The van der Waals surface area contributed by atoms with Crippen LogP contribution in [0.5, 0.6) is 0 Å². The smallest absolute Gasteiger partial charge is 0.252 e. The molecule has 0 unspecified atom stereocenters. The number of aromatic nitrogens is 2. The number of benzene rings is 1. The predicted octanol–water partition coefficient (Wildman–Crippen LogP) is 3.36. The number of carbonyl (C=O) groups excluding carboxylic acids is 1. The fourth-order valence-electron chi connectivity index (χ4n) is 2.31. The van der Waals surface area contributed by atoms with Crippen molar-refractivity contribution in [3.05, 3.63) is 40.5 Å². The molecule has 3 rings (SSSR count). The number of halogens is 1. The van der Waals surface area contributed by atoms with Crippen LogP contribution in [0.3, 0.4) is 0 Å². The fourth-order valence-corrected chi connectivity index (χ4v) is 2.52. The summed E-state index contributed by atoms with van der Waals surface area (Å²) < 4.78 is 0. The van der Waals surface area contributed by atoms with E-state index in [0.717, 1.165) is 11.5 Å². The Morgan fingerprint density at radius 3 is 2.79 bits per heavy atom. The molecule has 6 nitrogen and oxygen atoms in total. The molecular formula is C17H20ClN5O. The molecule has 0 radical (unpaired) electrons. The molecule has 126 valence electrons. The summed E-state index contributed by atoms with van der Waals surface area (Å²) in [6.45, 7) is 2.60. The maximum Gasteiger partial charge on any atom is 0.252 e. The van der Waals surface area contributed by atoms with Crippen molar-refractivity contribution in [2.75, 3.05) is 24.2 Å². The van der Waals surface area contributed by atoms with E-state index in [0.29, 0.717) is 34.7 Å². The summed E-state index contributed by atoms with van der Waals surface area (Å²) in [5.41, 5.74) is 2.00. The minimum atomic E-state index is -0.156. The van der Waals surface area contributed by atoms with Crippen molar-refractivity contribution >= 4 is 35.0 Å². The highest BCUT2D eigenvalue weighted by molar-refractivity contribution is 6.34. The van der Waals surface area contributed by atoms with Crippen molar-refractivity contribution in [2.24, 2.45) is 5.92 Å². The molecule has 24 heavy (non-hydrogen) atoms. The third-order valence-corrected chi connectivity index (χ3v) is 4.16. The van der Waals surface area contributed by atoms with Crippen molar-refractivity contribution < 1.29 is 4.79 Å². The van der Waals surface area contributed by atoms with Crippen LogP contribution in [-0.4, -0.2) is 29.5 Å². The van der Waals surface area contributed by atoms with Gasteiger partial charge >= 0.3 is 0 Å². The Balaban J connectivity index is 1.77. The number of amides is 1. The summed E-state index contributed by atoms with van der Waals surface area (Å²) in [5, 5.41) is 9.46. The second-order valence-corrected chi connectivity index (χ2v) is 6.35. The highest BCUT2D eigenvalue weighted by atomic mass is 35.5. The highest BCUT2D eigenvalue weighted by Crippen LogP contribution is 2.28. The molecule has 0 bridgehead atoms. The largest absolute Gasteiger partial charge is 0.373 e. The number of carbonyl (C=O) groups is 1. The van der Waals surface area contributed by atoms with Gasteiger partial charge in [0.15, 0.2) is 0 Å². The first-order valence-electron chi connectivity index (χ1n) is 7.93. The molecule has 0 spiro atoms. The van der Waals surface area contributed by atoms with Gasteiger partial charge < -0.3 is 16.0 Å². The highest BCUT2D eigenvalue weighted by Gasteiger charge is 2.22. The second-order valence-electron chi connectivity index (χ2n) is 5.94. The normalized spacial score (nSPS) is 13.5. The quantitative estimate of drug-likeness (QED) is 0.748. The molecule has 1 saturated carbocycles. The van der Waals surface area contributed by atoms with Crippen molar-refractivity contribution in [1.82, 2.24) is 15.3 Å². The lowest BCUT2D eigenvalue weighted by molar-refractivity contribution is 0.0952. The van der Waals surface area contributed by atoms with E-state index in [-0.39, 0.29) is 5.91 Å². The third-order valence-electron chi connectivity index (χ3n) is 3.83. The Kier molecular flexibility index (Phi) is 4.85. The molecule has 0 aliphatic heterocycles. The Labute approximate surface area is 146 Å². The molecule has 1 amide bonds. The standard InChI is InChI=1S/C17H20ClN5O/c1-10-7-15(19-2)23-17(21-10)22-12-5-6-14(18)13(8-12)16(24)20-9-11-3-4-11/h5-8,11H,3-4,9H2,1-2H3,(H,20,24)(H2,19,21,22,23). The molecule has 1 heterocycles. The Morgan fingerprint density at radius 1 is 1.29 bits per heavy atom. The van der Waals surface area contributed by atoms with Crippen molar-refractivity contribution in [3.8, 4) is 0 Å². The van der Waals surface area contributed by atoms with Crippen molar-refractivity contribution in [2.45, 2.75) is 19.8 Å². The van der Waals surface area contributed by atoms with Crippen LogP contribution < -0.4 is 16.0 Å². The van der Waals surface area contributed by atoms with Gasteiger partial charge in [0.05, 0.1) is 10.6 Å². The number of hydrogen-bond acceptors (Lipinski definition) is 5. The molecular weight excluding hydrogens is 326 g/mol. The molecule has 1 aromatic carbocycles. The molecule has 1 aliphatic rings. The number of aryl methyl sites for hydroxylation is 1. The van der Waals surface area contributed by atoms with E-state index in [2.05, 4.69) is 25.9 Å². The van der Waals surface area contributed by atoms with E-state index in [1.807, 2.05) is 13.0 Å². The molecule has 0 atom stereocenters. The van der Waals surface area contributed by atoms with E-state index in [4.69, 9.17) is 11.6 Å². The molecule has 1 aliphatic carbocycles. The molecule has 7 heteroatoms. The van der Waals surface area contributed by atoms with E-state index < -0.39 is 0 Å². The Bertz CT molecular complexity index is 761. The van der Waals surface area contributed by atoms with Crippen molar-refractivity contribution in [3.63, 3.8) is 0 Å². The van der Waals surface area contributed by atoms with Crippen LogP contribution in [0.25, 0.3) is 0 Å². The van der Waals surface area contributed by atoms with E-state index in [9.17, 15) is 4.79 Å². The summed E-state index contributed by atoms with van der Waals surface area (Å²) >= 11 is 6.17. The van der Waals surface area contributed by atoms with Gasteiger partial charge in [-0.1, -0.05) is 11.6 Å². The second kappa shape index (κ2) is 7.05. The number of hydrogen-bond donors (Lipinski definition) is 3. The average Bonchev–Trinajstić information content (AvgIpc) is 3.38. The molecule has 0 saturated heterocycles. The maximum atomic E-state index is 12.3. The molecule has 1 aromatic heterocycles. The van der Waals surface area contributed by atoms with Gasteiger partial charge in [-0.15, -0.1) is 0 Å². The van der Waals surface area contributed by atoms with Gasteiger partial charge in [-0.2, -0.15) is 4.98 Å². The van der Waals surface area contributed by atoms with E-state index in [1.54, 1.807) is 25.2 Å². The predicted molar refractivity (Wildman–Crippen MR) is 96.1 cm³/mol. The molecule has 1 fully saturated rings. The number of nitrogens with one attached hydrogen (secondary N) is 3. The number of anilines is 3. The lowest BCUT2D eigenvalue weighted by Gasteiger charge is -2.11. The summed E-state index contributed by atoms with van der Waals surface area (Å²) in [6, 6.07) is 7.06. The van der Waals surface area contributed by atoms with Crippen LogP contribution in [-0.2, 0) is 0 Å². The van der Waals surface area contributed by atoms with Crippen molar-refractivity contribution in [1.29, 1.82) is 0 Å². The van der Waals surface area contributed by atoms with Crippen LogP contribution in [0, 0.1) is 12.8 Å². The topological polar surface area (TPSA) is 78.9 Å². The van der Waals surface area contributed by atoms with Crippen LogP contribution in [0.1, 0.15) is 28.9 Å². The van der Waals surface area contributed by atoms with Crippen LogP contribution >= 0.6 is 11.6 Å². The number of nitrogens with zero attached hydrogens (tertiary/aromatic N) is 2. The van der Waals surface area contributed by atoms with E-state index >= 15 is 0 Å². The zero-order chi connectivity index (χ0) is 17.1. The van der Waals surface area contributed by atoms with Gasteiger partial charge in [0.25, 0.3) is 5.91 Å². The zero-order valence-electron chi connectivity index (χ0n) is 13.7. The van der Waals surface area contributed by atoms with Gasteiger partial charge in [0.1, 0.15) is 5.82 Å². The fraction of sp³-hybridized carbons (Fsp3) is 0.353. The lowest BCUT2D eigenvalue weighted by atomic mass is 10.2. The van der Waals surface area contributed by atoms with Gasteiger partial charge in [-0.3, -0.25) is 4.79 Å². The SMILES string of the molecule is CNc1cc(C)nc(Nc2ccc(Cl)c(C(=O)NCC3CC3)c2)n1. The Morgan fingerprint density at radius 2 is 2.08 bits per heavy atom. The van der Waals surface area contributed by atoms with Gasteiger partial charge in [0.2, 0.25) is 5.95 Å². The minimum Gasteiger partial charge on any atom is -0.373 e.